The highest BCUT2D eigenvalue weighted by molar-refractivity contribution is 6.01. The van der Waals surface area contributed by atoms with Gasteiger partial charge in [0.15, 0.2) is 0 Å². The smallest absolute Gasteiger partial charge is 0.246 e. The summed E-state index contributed by atoms with van der Waals surface area (Å²) in [7, 11) is 0. The van der Waals surface area contributed by atoms with Crippen molar-refractivity contribution in [1.82, 2.24) is 52.8 Å². The van der Waals surface area contributed by atoms with Gasteiger partial charge in [-0.2, -0.15) is 0 Å². The molecule has 4 aromatic rings. The van der Waals surface area contributed by atoms with Gasteiger partial charge in [0.25, 0.3) is 0 Å². The number of nitrogens with two attached hydrogens (primary N) is 3. The molecule has 494 valence electrons. The van der Waals surface area contributed by atoms with Crippen LogP contribution >= 0.6 is 0 Å². The van der Waals surface area contributed by atoms with Crippen LogP contribution in [0.4, 0.5) is 0 Å². The number of phenols is 1. The molecule has 0 spiro atoms. The number of nitrogens with one attached hydrogen (secondary N) is 9. The summed E-state index contributed by atoms with van der Waals surface area (Å²) in [5.41, 5.74) is 19.3. The Hall–Kier alpha value is -9.72. The molecule has 16 N–H and O–H groups in total. The zero-order valence-corrected chi connectivity index (χ0v) is 52.3. The second kappa shape index (κ2) is 35.0. The molecule has 2 heterocycles. The predicted octanol–water partition coefficient (Wildman–Crippen LogP) is -0.388. The summed E-state index contributed by atoms with van der Waals surface area (Å²) in [6.07, 6.45) is -1.75. The lowest BCUT2D eigenvalue weighted by Crippen LogP contribution is -2.62. The van der Waals surface area contributed by atoms with Crippen molar-refractivity contribution in [3.05, 3.63) is 138 Å². The van der Waals surface area contributed by atoms with E-state index in [4.69, 9.17) is 17.2 Å². The van der Waals surface area contributed by atoms with Gasteiger partial charge in [-0.3, -0.25) is 57.5 Å². The Morgan fingerprint density at radius 3 is 1.34 bits per heavy atom. The molecule has 2 aliphatic heterocycles. The molecule has 0 bridgehead atoms. The first-order chi connectivity index (χ1) is 43.9. The Morgan fingerprint density at radius 1 is 0.467 bits per heavy atom. The van der Waals surface area contributed by atoms with Crippen molar-refractivity contribution in [3.8, 4) is 5.75 Å². The van der Waals surface area contributed by atoms with Gasteiger partial charge in [0.1, 0.15) is 66.2 Å². The van der Waals surface area contributed by atoms with E-state index in [-0.39, 0.29) is 76.1 Å². The third kappa shape index (κ3) is 22.0. The maximum absolute atomic E-state index is 15.1. The second-order valence-corrected chi connectivity index (χ2v) is 24.1. The molecule has 12 amide bonds. The molecule has 92 heavy (non-hydrogen) atoms. The Morgan fingerprint density at radius 2 is 0.859 bits per heavy atom. The van der Waals surface area contributed by atoms with Gasteiger partial charge in [-0.25, -0.2) is 0 Å². The summed E-state index contributed by atoms with van der Waals surface area (Å²) in [5, 5.41) is 34.3. The van der Waals surface area contributed by atoms with Gasteiger partial charge < -0.3 is 75.1 Å². The van der Waals surface area contributed by atoms with Crippen molar-refractivity contribution < 1.29 is 62.6 Å². The lowest BCUT2D eigenvalue weighted by molar-refractivity contribution is -0.142. The number of hydrogen-bond donors (Lipinski definition) is 13. The number of primary amides is 2. The number of amides is 12. The Labute approximate surface area is 534 Å². The van der Waals surface area contributed by atoms with E-state index < -0.39 is 156 Å². The molecule has 0 radical (unpaired) electrons. The minimum Gasteiger partial charge on any atom is -0.508 e. The van der Waals surface area contributed by atoms with Crippen molar-refractivity contribution in [2.24, 2.45) is 29.0 Å². The van der Waals surface area contributed by atoms with Crippen LogP contribution in [0.1, 0.15) is 101 Å². The third-order valence-corrected chi connectivity index (χ3v) is 15.8. The molecule has 2 fully saturated rings. The van der Waals surface area contributed by atoms with Crippen molar-refractivity contribution in [2.75, 3.05) is 13.1 Å². The summed E-state index contributed by atoms with van der Waals surface area (Å²) in [5.74, 6) is -11.8. The van der Waals surface area contributed by atoms with Crippen LogP contribution in [-0.4, -0.2) is 154 Å². The molecular weight excluding hydrogens is 1180 g/mol. The van der Waals surface area contributed by atoms with Crippen molar-refractivity contribution in [2.45, 2.75) is 165 Å². The molecule has 2 saturated heterocycles. The van der Waals surface area contributed by atoms with Gasteiger partial charge in [0, 0.05) is 38.6 Å². The monoisotopic (exact) mass is 1270 g/mol. The molecule has 0 aromatic heterocycles. The minimum atomic E-state index is -1.85. The van der Waals surface area contributed by atoms with Gasteiger partial charge in [0.2, 0.25) is 70.9 Å². The molecular formula is C66H87N13O13. The SMILES string of the molecule is CC(C)C[C@@H]1NC(=O)[C@H](CCCN)NC(=O)[C@@H](C(C)C)NC(=O)[C@H](Cc2ccc(O)cc2)NC(=O)[C@H](CCC(N)=O)NC(=O)[C@H](CC(N)=O)NC(=O)[C@@H](Cc2ccccc2)NC(=O)[C@H](Cc2ccccc2)NC(=O)[C@@H]2CCCN2C(=O)[C@@H](Cc2ccccc2)NC1=O. The van der Waals surface area contributed by atoms with E-state index in [1.165, 1.54) is 29.2 Å². The van der Waals surface area contributed by atoms with Crippen LogP contribution in [0.3, 0.4) is 0 Å². The average molecular weight is 1270 g/mol. The predicted molar refractivity (Wildman–Crippen MR) is 339 cm³/mol. The number of nitrogens with zero attached hydrogens (tertiary/aromatic N) is 1. The van der Waals surface area contributed by atoms with Crippen molar-refractivity contribution in [1.29, 1.82) is 0 Å². The molecule has 2 aliphatic rings. The summed E-state index contributed by atoms with van der Waals surface area (Å²) in [6, 6.07) is 16.9. The lowest BCUT2D eigenvalue weighted by atomic mass is 9.98. The highest BCUT2D eigenvalue weighted by Gasteiger charge is 2.42. The molecule has 0 saturated carbocycles. The number of fused-ring (bicyclic) bond motifs is 1. The zero-order chi connectivity index (χ0) is 67.0. The molecule has 0 unspecified atom stereocenters. The summed E-state index contributed by atoms with van der Waals surface area (Å²) in [6.45, 7) is 7.05. The lowest BCUT2D eigenvalue weighted by Gasteiger charge is -2.32. The van der Waals surface area contributed by atoms with Gasteiger partial charge in [-0.1, -0.05) is 131 Å². The van der Waals surface area contributed by atoms with E-state index in [1.807, 2.05) is 13.8 Å². The molecule has 10 atom stereocenters. The van der Waals surface area contributed by atoms with Crippen molar-refractivity contribution >= 4 is 70.9 Å². The van der Waals surface area contributed by atoms with Gasteiger partial charge >= 0.3 is 0 Å². The molecule has 6 rings (SSSR count). The van der Waals surface area contributed by atoms with Gasteiger partial charge in [-0.05, 0) is 91.3 Å². The van der Waals surface area contributed by atoms with Crippen LogP contribution in [0.25, 0.3) is 0 Å². The Bertz CT molecular complexity index is 3210. The number of aromatic hydroxyl groups is 1. The normalized spacial score (nSPS) is 23.9. The van der Waals surface area contributed by atoms with E-state index in [0.29, 0.717) is 28.7 Å². The Kier molecular flexibility index (Phi) is 27.2. The van der Waals surface area contributed by atoms with E-state index in [2.05, 4.69) is 47.9 Å². The number of phenolic OH excluding ortho intramolecular Hbond substituents is 1. The number of benzene rings is 4. The number of carbonyl (C=O) groups is 12. The fourth-order valence-electron chi connectivity index (χ4n) is 11.0. The highest BCUT2D eigenvalue weighted by atomic mass is 16.3. The van der Waals surface area contributed by atoms with Gasteiger partial charge in [-0.15, -0.1) is 0 Å². The molecule has 0 aliphatic carbocycles. The van der Waals surface area contributed by atoms with Crippen LogP contribution in [0.5, 0.6) is 5.75 Å². The van der Waals surface area contributed by atoms with Crippen LogP contribution in [0.15, 0.2) is 115 Å². The third-order valence-electron chi connectivity index (χ3n) is 15.8. The maximum Gasteiger partial charge on any atom is 0.246 e. The topological polar surface area (TPSA) is 415 Å². The number of hydrogen-bond acceptors (Lipinski definition) is 14. The standard InChI is InChI=1S/C66H87N13O13/c1-38(2)32-47-59(85)77-52(36-42-20-12-7-13-21-42)66(92)79-31-15-23-53(79)64(90)76-49(34-41-18-10-6-11-19-41)61(87)74-48(33-40-16-8-5-9-17-40)60(86)75-51(37-55(69)82)62(88)70-46(28-29-54(68)81)58(84)73-50(35-43-24-26-44(80)27-25-43)63(89)78-56(39(3)4)65(91)71-45(22-14-30-67)57(83)72-47/h5-13,16-21,24-27,38-39,45-53,56,80H,14-15,22-23,28-37,67H2,1-4H3,(H2,68,81)(H2,69,82)(H,70,88)(H,71,91)(H,72,83)(H,73,84)(H,74,87)(H,75,86)(H,76,90)(H,77,85)(H,78,89)/t45-,46-,47-,48+,49-,50-,51-,52+,53-,56+/m0/s1. The van der Waals surface area contributed by atoms with Crippen LogP contribution in [0, 0.1) is 11.8 Å². The van der Waals surface area contributed by atoms with E-state index in [9.17, 15) is 57.8 Å². The van der Waals surface area contributed by atoms with E-state index in [1.54, 1.807) is 105 Å². The van der Waals surface area contributed by atoms with E-state index >= 15 is 4.79 Å². The highest BCUT2D eigenvalue weighted by Crippen LogP contribution is 2.22. The van der Waals surface area contributed by atoms with Crippen molar-refractivity contribution in [3.63, 3.8) is 0 Å². The van der Waals surface area contributed by atoms with Gasteiger partial charge in [0.05, 0.1) is 6.42 Å². The molecule has 4 aromatic carbocycles. The fourth-order valence-corrected chi connectivity index (χ4v) is 11.0. The first-order valence-corrected chi connectivity index (χ1v) is 31.1. The second-order valence-electron chi connectivity index (χ2n) is 24.1. The molecule has 26 heteroatoms. The largest absolute Gasteiger partial charge is 0.508 e. The average Bonchev–Trinajstić information content (AvgIpc) is 1.56. The molecule has 26 nitrogen and oxygen atoms in total. The quantitative estimate of drug-likeness (QED) is 0.0569. The minimum absolute atomic E-state index is 0.0273. The van der Waals surface area contributed by atoms with E-state index in [0.717, 1.165) is 0 Å². The Balaban J connectivity index is 1.46. The number of rotatable bonds is 19. The zero-order valence-electron chi connectivity index (χ0n) is 52.3. The maximum atomic E-state index is 15.1. The first kappa shape index (κ1) is 71.4. The van der Waals surface area contributed by atoms with Crippen LogP contribution < -0.4 is 65.1 Å². The number of carbonyl (C=O) groups excluding carboxylic acids is 12. The first-order valence-electron chi connectivity index (χ1n) is 31.1. The summed E-state index contributed by atoms with van der Waals surface area (Å²) >= 11 is 0. The van der Waals surface area contributed by atoms with Crippen LogP contribution in [0.2, 0.25) is 0 Å². The summed E-state index contributed by atoms with van der Waals surface area (Å²) in [4.78, 5) is 174. The summed E-state index contributed by atoms with van der Waals surface area (Å²) < 4.78 is 0. The van der Waals surface area contributed by atoms with Crippen LogP contribution in [-0.2, 0) is 83.2 Å². The fraction of sp³-hybridized carbons (Fsp3) is 0.455.